The van der Waals surface area contributed by atoms with Crippen molar-refractivity contribution >= 4 is 5.69 Å². The van der Waals surface area contributed by atoms with Crippen molar-refractivity contribution in [1.82, 2.24) is 14.6 Å². The van der Waals surface area contributed by atoms with Crippen LogP contribution in [0, 0.1) is 0 Å². The van der Waals surface area contributed by atoms with E-state index in [2.05, 4.69) is 21.0 Å². The van der Waals surface area contributed by atoms with E-state index in [0.29, 0.717) is 12.4 Å². The van der Waals surface area contributed by atoms with Crippen molar-refractivity contribution in [2.45, 2.75) is 12.6 Å². The molecule has 30 heavy (non-hydrogen) atoms. The highest BCUT2D eigenvalue weighted by atomic mass is 16.5. The van der Waals surface area contributed by atoms with Crippen molar-refractivity contribution in [2.75, 3.05) is 44.7 Å². The Morgan fingerprint density at radius 3 is 2.47 bits per heavy atom. The summed E-state index contributed by atoms with van der Waals surface area (Å²) in [6, 6.07) is 17.4. The number of para-hydroxylation sites is 2. The second-order valence-electron chi connectivity index (χ2n) is 7.36. The van der Waals surface area contributed by atoms with Gasteiger partial charge in [0.1, 0.15) is 5.75 Å². The van der Waals surface area contributed by atoms with Crippen molar-refractivity contribution in [3.05, 3.63) is 65.1 Å². The zero-order valence-corrected chi connectivity index (χ0v) is 17.0. The third kappa shape index (κ3) is 4.39. The zero-order chi connectivity index (χ0) is 20.9. The Morgan fingerprint density at radius 2 is 1.73 bits per heavy atom. The van der Waals surface area contributed by atoms with Crippen LogP contribution in [0.3, 0.4) is 0 Å². The lowest BCUT2D eigenvalue weighted by Gasteiger charge is -2.37. The van der Waals surface area contributed by atoms with E-state index in [1.807, 2.05) is 48.5 Å². The third-order valence-corrected chi connectivity index (χ3v) is 5.38. The normalized spacial score (nSPS) is 15.9. The maximum Gasteiger partial charge on any atom is 0.441 e. The van der Waals surface area contributed by atoms with Gasteiger partial charge in [0, 0.05) is 38.3 Å². The standard InChI is InChI=1S/C22H26N4O4/c1-29-20-10-6-5-9-19(20)25-13-11-24(12-14-25)15-18(27)16-26-21(23-30-22(26)28)17-7-3-2-4-8-17/h2-10,18,27H,11-16H2,1H3. The lowest BCUT2D eigenvalue weighted by atomic mass is 10.2. The fourth-order valence-electron chi connectivity index (χ4n) is 3.85. The summed E-state index contributed by atoms with van der Waals surface area (Å²) in [7, 11) is 1.68. The van der Waals surface area contributed by atoms with E-state index in [9.17, 15) is 9.90 Å². The quantitative estimate of drug-likeness (QED) is 0.635. The van der Waals surface area contributed by atoms with Gasteiger partial charge in [-0.3, -0.25) is 14.0 Å². The van der Waals surface area contributed by atoms with Gasteiger partial charge in [0.15, 0.2) is 5.82 Å². The van der Waals surface area contributed by atoms with Crippen LogP contribution < -0.4 is 15.4 Å². The Bertz CT molecular complexity index is 1010. The molecule has 1 unspecified atom stereocenters. The zero-order valence-electron chi connectivity index (χ0n) is 17.0. The molecule has 2 heterocycles. The second kappa shape index (κ2) is 9.15. The van der Waals surface area contributed by atoms with Gasteiger partial charge in [0.25, 0.3) is 0 Å². The number of rotatable bonds is 7. The van der Waals surface area contributed by atoms with E-state index in [1.54, 1.807) is 7.11 Å². The molecule has 0 bridgehead atoms. The average Bonchev–Trinajstić information content (AvgIpc) is 3.15. The number of piperazine rings is 1. The number of aliphatic hydroxyl groups excluding tert-OH is 1. The topological polar surface area (TPSA) is 84.0 Å². The smallest absolute Gasteiger partial charge is 0.441 e. The van der Waals surface area contributed by atoms with Crippen LogP contribution >= 0.6 is 0 Å². The SMILES string of the molecule is COc1ccccc1N1CCN(CC(O)Cn2c(-c3ccccc3)noc2=O)CC1. The van der Waals surface area contributed by atoms with Crippen molar-refractivity contribution in [1.29, 1.82) is 0 Å². The van der Waals surface area contributed by atoms with Gasteiger partial charge >= 0.3 is 5.76 Å². The minimum absolute atomic E-state index is 0.138. The molecule has 158 valence electrons. The van der Waals surface area contributed by atoms with Crippen molar-refractivity contribution < 1.29 is 14.4 Å². The molecule has 0 radical (unpaired) electrons. The van der Waals surface area contributed by atoms with Gasteiger partial charge in [-0.15, -0.1) is 0 Å². The highest BCUT2D eigenvalue weighted by Gasteiger charge is 2.23. The Hall–Kier alpha value is -3.10. The van der Waals surface area contributed by atoms with E-state index in [0.717, 1.165) is 43.2 Å². The van der Waals surface area contributed by atoms with Crippen LogP contribution in [0.5, 0.6) is 5.75 Å². The Morgan fingerprint density at radius 1 is 1.03 bits per heavy atom. The minimum atomic E-state index is -0.706. The summed E-state index contributed by atoms with van der Waals surface area (Å²) in [5.41, 5.74) is 1.87. The number of anilines is 1. The average molecular weight is 410 g/mol. The lowest BCUT2D eigenvalue weighted by Crippen LogP contribution is -2.49. The maximum absolute atomic E-state index is 12.1. The molecular formula is C22H26N4O4. The van der Waals surface area contributed by atoms with Gasteiger partial charge in [0.2, 0.25) is 0 Å². The predicted molar refractivity (Wildman–Crippen MR) is 114 cm³/mol. The van der Waals surface area contributed by atoms with Crippen LogP contribution in [0.1, 0.15) is 0 Å². The molecule has 1 aliphatic heterocycles. The maximum atomic E-state index is 12.1. The number of β-amino-alcohol motifs (C(OH)–C–C–N with tert-alkyl or cyclic N) is 1. The number of nitrogens with zero attached hydrogens (tertiary/aromatic N) is 4. The summed E-state index contributed by atoms with van der Waals surface area (Å²) in [6.45, 7) is 3.94. The van der Waals surface area contributed by atoms with Gasteiger partial charge in [-0.2, -0.15) is 0 Å². The molecule has 8 nitrogen and oxygen atoms in total. The fourth-order valence-corrected chi connectivity index (χ4v) is 3.85. The van der Waals surface area contributed by atoms with Crippen LogP contribution in [0.25, 0.3) is 11.4 Å². The summed E-state index contributed by atoms with van der Waals surface area (Å²) in [4.78, 5) is 16.6. The second-order valence-corrected chi connectivity index (χ2v) is 7.36. The van der Waals surface area contributed by atoms with Crippen LogP contribution in [0.15, 0.2) is 63.9 Å². The fraction of sp³-hybridized carbons (Fsp3) is 0.364. The number of benzene rings is 2. The molecule has 0 spiro atoms. The van der Waals surface area contributed by atoms with E-state index < -0.39 is 11.9 Å². The summed E-state index contributed by atoms with van der Waals surface area (Å²) < 4.78 is 11.7. The highest BCUT2D eigenvalue weighted by molar-refractivity contribution is 5.58. The molecule has 1 aliphatic rings. The summed E-state index contributed by atoms with van der Waals surface area (Å²) >= 11 is 0. The number of hydrogen-bond donors (Lipinski definition) is 1. The Balaban J connectivity index is 1.36. The first-order valence-electron chi connectivity index (χ1n) is 10.1. The lowest BCUT2D eigenvalue weighted by molar-refractivity contribution is 0.0935. The number of methoxy groups -OCH3 is 1. The molecule has 1 N–H and O–H groups in total. The first-order chi connectivity index (χ1) is 14.7. The third-order valence-electron chi connectivity index (χ3n) is 5.38. The van der Waals surface area contributed by atoms with Crippen molar-refractivity contribution in [3.8, 4) is 17.1 Å². The van der Waals surface area contributed by atoms with Crippen molar-refractivity contribution in [3.63, 3.8) is 0 Å². The van der Waals surface area contributed by atoms with Crippen LogP contribution in [0.4, 0.5) is 5.69 Å². The number of ether oxygens (including phenoxy) is 1. The molecule has 4 rings (SSSR count). The summed E-state index contributed by atoms with van der Waals surface area (Å²) in [5, 5.41) is 14.5. The van der Waals surface area contributed by atoms with E-state index in [-0.39, 0.29) is 6.54 Å². The van der Waals surface area contributed by atoms with Crippen LogP contribution in [0.2, 0.25) is 0 Å². The Kier molecular flexibility index (Phi) is 6.15. The molecule has 0 saturated carbocycles. The first kappa shape index (κ1) is 20.2. The first-order valence-corrected chi connectivity index (χ1v) is 10.1. The predicted octanol–water partition coefficient (Wildman–Crippen LogP) is 1.69. The largest absolute Gasteiger partial charge is 0.495 e. The monoisotopic (exact) mass is 410 g/mol. The Labute approximate surface area is 174 Å². The molecule has 1 aromatic heterocycles. The van der Waals surface area contributed by atoms with Crippen molar-refractivity contribution in [2.24, 2.45) is 0 Å². The number of hydrogen-bond acceptors (Lipinski definition) is 7. The summed E-state index contributed by atoms with van der Waals surface area (Å²) in [5.74, 6) is 0.737. The molecule has 0 amide bonds. The summed E-state index contributed by atoms with van der Waals surface area (Å²) in [6.07, 6.45) is -0.706. The van der Waals surface area contributed by atoms with Crippen LogP contribution in [-0.2, 0) is 6.54 Å². The van der Waals surface area contributed by atoms with Gasteiger partial charge in [-0.1, -0.05) is 47.6 Å². The molecule has 8 heteroatoms. The van der Waals surface area contributed by atoms with Gasteiger partial charge in [0.05, 0.1) is 25.4 Å². The molecule has 1 fully saturated rings. The van der Waals surface area contributed by atoms with E-state index in [1.165, 1.54) is 4.57 Å². The van der Waals surface area contributed by atoms with Gasteiger partial charge in [-0.05, 0) is 12.1 Å². The van der Waals surface area contributed by atoms with E-state index in [4.69, 9.17) is 9.26 Å². The minimum Gasteiger partial charge on any atom is -0.495 e. The van der Waals surface area contributed by atoms with Gasteiger partial charge in [-0.25, -0.2) is 4.79 Å². The molecule has 1 atom stereocenters. The molecular weight excluding hydrogens is 384 g/mol. The highest BCUT2D eigenvalue weighted by Crippen LogP contribution is 2.28. The molecule has 2 aromatic carbocycles. The van der Waals surface area contributed by atoms with E-state index >= 15 is 0 Å². The number of aromatic nitrogens is 2. The molecule has 0 aliphatic carbocycles. The molecule has 1 saturated heterocycles. The number of aliphatic hydroxyl groups is 1. The van der Waals surface area contributed by atoms with Gasteiger partial charge < -0.3 is 14.7 Å². The molecule has 3 aromatic rings. The van der Waals surface area contributed by atoms with Crippen LogP contribution in [-0.4, -0.2) is 65.7 Å².